The molecule has 7 heteroatoms. The van der Waals surface area contributed by atoms with Crippen molar-refractivity contribution < 1.29 is 9.84 Å². The molecule has 2 aliphatic rings. The third-order valence-electron chi connectivity index (χ3n) is 5.86. The molecule has 0 amide bonds. The number of pyridine rings is 1. The number of aromatic nitrogens is 2. The highest BCUT2D eigenvalue weighted by molar-refractivity contribution is 5.96. The summed E-state index contributed by atoms with van der Waals surface area (Å²) in [7, 11) is 0. The topological polar surface area (TPSA) is 97.7 Å². The van der Waals surface area contributed by atoms with Gasteiger partial charge in [0.25, 0.3) is 0 Å². The molecule has 29 heavy (non-hydrogen) atoms. The van der Waals surface area contributed by atoms with Crippen molar-refractivity contribution in [2.75, 3.05) is 11.9 Å². The number of aromatic hydroxyl groups is 1. The number of phenols is 1. The highest BCUT2D eigenvalue weighted by Crippen LogP contribution is 2.42. The molecule has 4 N–H and O–H groups in total. The van der Waals surface area contributed by atoms with Crippen LogP contribution in [0.4, 0.5) is 5.82 Å². The molecule has 2 aromatic heterocycles. The van der Waals surface area contributed by atoms with Gasteiger partial charge in [0.05, 0.1) is 24.3 Å². The average Bonchev–Trinajstić information content (AvgIpc) is 3.47. The summed E-state index contributed by atoms with van der Waals surface area (Å²) in [6.45, 7) is 6.62. The zero-order chi connectivity index (χ0) is 20.3. The van der Waals surface area contributed by atoms with Crippen LogP contribution in [-0.2, 0) is 0 Å². The number of hydrogen-bond acceptors (Lipinski definition) is 6. The monoisotopic (exact) mass is 391 g/mol. The second-order valence-corrected chi connectivity index (χ2v) is 8.04. The highest BCUT2D eigenvalue weighted by atomic mass is 16.5. The second-order valence-electron chi connectivity index (χ2n) is 8.04. The van der Waals surface area contributed by atoms with Crippen molar-refractivity contribution in [3.63, 3.8) is 0 Å². The van der Waals surface area contributed by atoms with Gasteiger partial charge in [0.1, 0.15) is 29.1 Å². The molecule has 1 fully saturated rings. The Kier molecular flexibility index (Phi) is 4.03. The van der Waals surface area contributed by atoms with Gasteiger partial charge in [-0.1, -0.05) is 6.07 Å². The van der Waals surface area contributed by atoms with Gasteiger partial charge < -0.3 is 20.9 Å². The first-order valence-corrected chi connectivity index (χ1v) is 9.97. The van der Waals surface area contributed by atoms with Gasteiger partial charge in [0.15, 0.2) is 0 Å². The molecule has 0 radical (unpaired) electrons. The number of phenolic OH excluding ortho intramolecular Hbond substituents is 1. The molecule has 5 rings (SSSR count). The van der Waals surface area contributed by atoms with E-state index in [0.29, 0.717) is 5.92 Å². The lowest BCUT2D eigenvalue weighted by atomic mass is 10.1. The van der Waals surface area contributed by atoms with E-state index in [1.165, 1.54) is 12.8 Å². The quantitative estimate of drug-likeness (QED) is 0.627. The smallest absolute Gasteiger partial charge is 0.147 e. The number of fused-ring (bicyclic) bond motifs is 3. The number of nitrogens with zero attached hydrogens (tertiary/aromatic N) is 3. The number of aliphatic imine (C=N–C) groups is 1. The zero-order valence-corrected chi connectivity index (χ0v) is 16.9. The van der Waals surface area contributed by atoms with Gasteiger partial charge >= 0.3 is 0 Å². The minimum absolute atomic E-state index is 0.246. The fraction of sp³-hybridized carbons (Fsp3) is 0.364. The van der Waals surface area contributed by atoms with Crippen molar-refractivity contribution in [1.29, 1.82) is 0 Å². The summed E-state index contributed by atoms with van der Waals surface area (Å²) in [5.41, 5.74) is 11.6. The largest absolute Gasteiger partial charge is 0.508 e. The van der Waals surface area contributed by atoms with Crippen LogP contribution in [0.25, 0.3) is 16.7 Å². The summed E-state index contributed by atoms with van der Waals surface area (Å²) >= 11 is 0. The molecule has 0 spiro atoms. The molecule has 7 nitrogen and oxygen atoms in total. The lowest BCUT2D eigenvalue weighted by Gasteiger charge is -2.20. The van der Waals surface area contributed by atoms with E-state index in [1.807, 2.05) is 37.5 Å². The minimum Gasteiger partial charge on any atom is -0.508 e. The Morgan fingerprint density at radius 2 is 2.07 bits per heavy atom. The normalized spacial score (nSPS) is 18.0. The standard InChI is InChI=1S/C22H25N5O2/c1-11-4-7-16(28)12(2)19(11)27-21-15(18-20(23)24-10-25-22(18)27)8-17(13(3)26-21)29-9-14-5-6-14/h4,7-8,10,14,20,28H,5-6,9,23H2,1-3H3,(H,24,25). The van der Waals surface area contributed by atoms with Crippen molar-refractivity contribution in [3.05, 3.63) is 40.6 Å². The SMILES string of the molecule is Cc1ccc(O)c(C)c1-n1c2c(c3cc(OCC4CC4)c(C)nc31)C(N)N=CN2. The Morgan fingerprint density at radius 1 is 1.28 bits per heavy atom. The van der Waals surface area contributed by atoms with E-state index in [4.69, 9.17) is 15.5 Å². The maximum absolute atomic E-state index is 10.4. The van der Waals surface area contributed by atoms with E-state index in [9.17, 15) is 5.11 Å². The van der Waals surface area contributed by atoms with E-state index in [0.717, 1.165) is 57.3 Å². The Balaban J connectivity index is 1.78. The van der Waals surface area contributed by atoms with Gasteiger partial charge in [-0.15, -0.1) is 0 Å². The molecule has 0 bridgehead atoms. The molecule has 1 aliphatic carbocycles. The predicted octanol–water partition coefficient (Wildman–Crippen LogP) is 3.86. The predicted molar refractivity (Wildman–Crippen MR) is 114 cm³/mol. The van der Waals surface area contributed by atoms with Crippen molar-refractivity contribution in [2.45, 2.75) is 39.8 Å². The number of rotatable bonds is 4. The van der Waals surface area contributed by atoms with E-state index in [2.05, 4.69) is 10.3 Å². The number of anilines is 1. The van der Waals surface area contributed by atoms with Crippen molar-refractivity contribution in [2.24, 2.45) is 16.6 Å². The molecule has 1 saturated carbocycles. The lowest BCUT2D eigenvalue weighted by Crippen LogP contribution is -2.18. The summed E-state index contributed by atoms with van der Waals surface area (Å²) in [5.74, 6) is 2.52. The molecule has 0 saturated heterocycles. The summed E-state index contributed by atoms with van der Waals surface area (Å²) in [6.07, 6.45) is 3.60. The average molecular weight is 391 g/mol. The highest BCUT2D eigenvalue weighted by Gasteiger charge is 2.29. The number of aryl methyl sites for hydroxylation is 2. The van der Waals surface area contributed by atoms with Crippen molar-refractivity contribution >= 4 is 23.2 Å². The zero-order valence-electron chi connectivity index (χ0n) is 16.9. The first-order chi connectivity index (χ1) is 14.0. The molecular formula is C22H25N5O2. The third kappa shape index (κ3) is 2.84. The molecule has 1 aliphatic heterocycles. The van der Waals surface area contributed by atoms with Crippen LogP contribution >= 0.6 is 0 Å². The van der Waals surface area contributed by atoms with Crippen LogP contribution in [0, 0.1) is 26.7 Å². The Hall–Kier alpha value is -3.06. The number of nitrogens with one attached hydrogen (secondary N) is 1. The summed E-state index contributed by atoms with van der Waals surface area (Å²) in [4.78, 5) is 9.24. The Morgan fingerprint density at radius 3 is 2.83 bits per heavy atom. The van der Waals surface area contributed by atoms with Gasteiger partial charge in [-0.25, -0.2) is 4.98 Å². The lowest BCUT2D eigenvalue weighted by molar-refractivity contribution is 0.297. The molecule has 1 aromatic carbocycles. The molecule has 1 atom stereocenters. The molecule has 3 heterocycles. The number of ether oxygens (including phenoxy) is 1. The maximum Gasteiger partial charge on any atom is 0.147 e. The fourth-order valence-electron chi connectivity index (χ4n) is 4.02. The van der Waals surface area contributed by atoms with Crippen LogP contribution in [0.1, 0.15) is 41.4 Å². The molecule has 150 valence electrons. The first-order valence-electron chi connectivity index (χ1n) is 9.97. The van der Waals surface area contributed by atoms with Crippen LogP contribution in [-0.4, -0.2) is 27.6 Å². The van der Waals surface area contributed by atoms with Crippen LogP contribution in [0.2, 0.25) is 0 Å². The van der Waals surface area contributed by atoms with Gasteiger partial charge in [-0.2, -0.15) is 0 Å². The van der Waals surface area contributed by atoms with E-state index in [-0.39, 0.29) is 5.75 Å². The van der Waals surface area contributed by atoms with Gasteiger partial charge in [-0.3, -0.25) is 9.56 Å². The molecule has 3 aromatic rings. The van der Waals surface area contributed by atoms with Crippen LogP contribution in [0.15, 0.2) is 23.2 Å². The molecule has 1 unspecified atom stereocenters. The van der Waals surface area contributed by atoms with E-state index < -0.39 is 6.17 Å². The number of benzene rings is 1. The summed E-state index contributed by atoms with van der Waals surface area (Å²) in [5, 5.41) is 14.5. The summed E-state index contributed by atoms with van der Waals surface area (Å²) in [6, 6.07) is 5.66. The van der Waals surface area contributed by atoms with Crippen LogP contribution in [0.5, 0.6) is 11.5 Å². The van der Waals surface area contributed by atoms with E-state index in [1.54, 1.807) is 12.4 Å². The van der Waals surface area contributed by atoms with E-state index >= 15 is 0 Å². The Labute approximate surface area is 169 Å². The molecular weight excluding hydrogens is 366 g/mol. The summed E-state index contributed by atoms with van der Waals surface area (Å²) < 4.78 is 8.10. The first kappa shape index (κ1) is 18.0. The second kappa shape index (κ2) is 6.49. The van der Waals surface area contributed by atoms with Crippen molar-refractivity contribution in [1.82, 2.24) is 9.55 Å². The number of nitrogens with two attached hydrogens (primary N) is 1. The van der Waals surface area contributed by atoms with Gasteiger partial charge in [-0.05, 0) is 57.2 Å². The van der Waals surface area contributed by atoms with Crippen LogP contribution in [0.3, 0.4) is 0 Å². The van der Waals surface area contributed by atoms with Gasteiger partial charge in [0, 0.05) is 16.5 Å². The maximum atomic E-state index is 10.4. The van der Waals surface area contributed by atoms with Crippen molar-refractivity contribution in [3.8, 4) is 17.2 Å². The van der Waals surface area contributed by atoms with Crippen LogP contribution < -0.4 is 15.8 Å². The minimum atomic E-state index is -0.492. The number of hydrogen-bond donors (Lipinski definition) is 3. The van der Waals surface area contributed by atoms with Gasteiger partial charge in [0.2, 0.25) is 0 Å². The third-order valence-corrected chi connectivity index (χ3v) is 5.86. The fourth-order valence-corrected chi connectivity index (χ4v) is 4.02. The Bertz CT molecular complexity index is 1160.